The molecule has 1 aliphatic heterocycles. The Bertz CT molecular complexity index is 855. The number of anilines is 1. The molecule has 1 amide bonds. The van der Waals surface area contributed by atoms with E-state index in [9.17, 15) is 13.2 Å². The van der Waals surface area contributed by atoms with Crippen molar-refractivity contribution in [2.24, 2.45) is 0 Å². The van der Waals surface area contributed by atoms with Crippen molar-refractivity contribution in [3.8, 4) is 0 Å². The number of nitrogens with one attached hydrogen (secondary N) is 1. The van der Waals surface area contributed by atoms with Crippen molar-refractivity contribution >= 4 is 21.4 Å². The van der Waals surface area contributed by atoms with Crippen molar-refractivity contribution in [3.63, 3.8) is 0 Å². The summed E-state index contributed by atoms with van der Waals surface area (Å²) in [5, 5.41) is 3.22. The third kappa shape index (κ3) is 4.33. The predicted octanol–water partition coefficient (Wildman–Crippen LogP) is 1.35. The molecule has 8 heteroatoms. The Hall–Kier alpha value is -2.48. The maximum Gasteiger partial charge on any atom is 0.255 e. The second kappa shape index (κ2) is 7.18. The van der Waals surface area contributed by atoms with Gasteiger partial charge < -0.3 is 10.2 Å². The fourth-order valence-corrected chi connectivity index (χ4v) is 4.58. The van der Waals surface area contributed by atoms with Crippen LogP contribution in [0.1, 0.15) is 22.3 Å². The monoisotopic (exact) mass is 360 g/mol. The van der Waals surface area contributed by atoms with Gasteiger partial charge in [0.15, 0.2) is 9.84 Å². The van der Waals surface area contributed by atoms with E-state index in [0.29, 0.717) is 18.5 Å². The highest BCUT2D eigenvalue weighted by molar-refractivity contribution is 7.91. The number of carbonyl (C=O) groups excluding carboxylic acids is 1. The average molecular weight is 360 g/mol. The summed E-state index contributed by atoms with van der Waals surface area (Å²) in [6.45, 7) is 0.596. The molecule has 0 aliphatic carbocycles. The van der Waals surface area contributed by atoms with Gasteiger partial charge in [-0.05, 0) is 30.2 Å². The van der Waals surface area contributed by atoms with E-state index in [1.54, 1.807) is 31.7 Å². The number of pyridine rings is 2. The van der Waals surface area contributed by atoms with E-state index in [1.165, 1.54) is 11.1 Å². The third-order valence-electron chi connectivity index (χ3n) is 4.31. The Labute approximate surface area is 147 Å². The highest BCUT2D eigenvalue weighted by atomic mass is 32.2. The zero-order chi connectivity index (χ0) is 17.9. The van der Waals surface area contributed by atoms with Gasteiger partial charge in [-0.15, -0.1) is 0 Å². The van der Waals surface area contributed by atoms with Crippen LogP contribution in [0.15, 0.2) is 43.0 Å². The van der Waals surface area contributed by atoms with Gasteiger partial charge in [0, 0.05) is 44.4 Å². The normalized spacial score (nSPS) is 18.7. The van der Waals surface area contributed by atoms with Crippen LogP contribution < -0.4 is 5.32 Å². The molecule has 1 N–H and O–H groups in total. The largest absolute Gasteiger partial charge is 0.380 e. The van der Waals surface area contributed by atoms with E-state index in [1.807, 2.05) is 12.1 Å². The van der Waals surface area contributed by atoms with E-state index in [2.05, 4.69) is 15.3 Å². The zero-order valence-electron chi connectivity index (χ0n) is 13.9. The molecule has 0 bridgehead atoms. The lowest BCUT2D eigenvalue weighted by atomic mass is 10.2. The summed E-state index contributed by atoms with van der Waals surface area (Å²) in [6, 6.07) is 5.27. The number of rotatable bonds is 5. The van der Waals surface area contributed by atoms with Crippen molar-refractivity contribution in [2.45, 2.75) is 19.0 Å². The minimum absolute atomic E-state index is 0.0304. The van der Waals surface area contributed by atoms with Crippen LogP contribution >= 0.6 is 0 Å². The van der Waals surface area contributed by atoms with Crippen molar-refractivity contribution in [2.75, 3.05) is 23.9 Å². The van der Waals surface area contributed by atoms with Gasteiger partial charge in [0.1, 0.15) is 0 Å². The minimum Gasteiger partial charge on any atom is -0.380 e. The molecule has 132 valence electrons. The summed E-state index contributed by atoms with van der Waals surface area (Å²) in [6.07, 6.45) is 7.08. The molecule has 7 nitrogen and oxygen atoms in total. The van der Waals surface area contributed by atoms with Gasteiger partial charge in [-0.3, -0.25) is 14.8 Å². The Morgan fingerprint density at radius 1 is 1.28 bits per heavy atom. The molecule has 1 fully saturated rings. The lowest BCUT2D eigenvalue weighted by Gasteiger charge is -2.23. The average Bonchev–Trinajstić information content (AvgIpc) is 3.00. The lowest BCUT2D eigenvalue weighted by molar-refractivity contribution is 0.0747. The summed E-state index contributed by atoms with van der Waals surface area (Å²) in [5.74, 6) is -0.0499. The Kier molecular flexibility index (Phi) is 4.98. The number of hydrogen-bond acceptors (Lipinski definition) is 6. The van der Waals surface area contributed by atoms with E-state index < -0.39 is 9.84 Å². The first kappa shape index (κ1) is 17.3. The van der Waals surface area contributed by atoms with Crippen LogP contribution in [0.5, 0.6) is 0 Å². The minimum atomic E-state index is -3.03. The molecule has 0 saturated carbocycles. The summed E-state index contributed by atoms with van der Waals surface area (Å²) in [4.78, 5) is 22.2. The van der Waals surface area contributed by atoms with E-state index in [0.717, 1.165) is 11.3 Å². The van der Waals surface area contributed by atoms with Crippen LogP contribution in [-0.2, 0) is 16.4 Å². The predicted molar refractivity (Wildman–Crippen MR) is 95.0 cm³/mol. The fourth-order valence-electron chi connectivity index (χ4n) is 2.81. The second-order valence-corrected chi connectivity index (χ2v) is 8.37. The first-order chi connectivity index (χ1) is 11.9. The molecule has 1 atom stereocenters. The second-order valence-electron chi connectivity index (χ2n) is 6.14. The van der Waals surface area contributed by atoms with Gasteiger partial charge in [0.05, 0.1) is 22.8 Å². The fraction of sp³-hybridized carbons (Fsp3) is 0.353. The third-order valence-corrected chi connectivity index (χ3v) is 6.06. The van der Waals surface area contributed by atoms with Gasteiger partial charge in [-0.2, -0.15) is 0 Å². The van der Waals surface area contributed by atoms with Gasteiger partial charge in [-0.1, -0.05) is 0 Å². The highest BCUT2D eigenvalue weighted by Crippen LogP contribution is 2.19. The SMILES string of the molecule is CN(C(=O)c1cncc(NCc2ccncc2)c1)C1CCS(=O)(=O)C1. The molecule has 1 aliphatic rings. The number of aromatic nitrogens is 2. The van der Waals surface area contributed by atoms with E-state index >= 15 is 0 Å². The molecule has 25 heavy (non-hydrogen) atoms. The molecule has 0 radical (unpaired) electrons. The number of hydrogen-bond donors (Lipinski definition) is 1. The molecule has 2 aromatic rings. The Morgan fingerprint density at radius 2 is 2.04 bits per heavy atom. The molecule has 1 unspecified atom stereocenters. The maximum atomic E-state index is 12.6. The molecule has 3 heterocycles. The molecule has 1 saturated heterocycles. The van der Waals surface area contributed by atoms with Crippen molar-refractivity contribution in [1.29, 1.82) is 0 Å². The Morgan fingerprint density at radius 3 is 2.72 bits per heavy atom. The summed E-state index contributed by atoms with van der Waals surface area (Å²) in [5.41, 5.74) is 2.24. The van der Waals surface area contributed by atoms with Crippen LogP contribution in [0, 0.1) is 0 Å². The molecular formula is C17H20N4O3S. The van der Waals surface area contributed by atoms with E-state index in [4.69, 9.17) is 0 Å². The standard InChI is InChI=1S/C17H20N4O3S/c1-21(16-4-7-25(23,24)12-16)17(22)14-8-15(11-19-10-14)20-9-13-2-5-18-6-3-13/h2-3,5-6,8,10-11,16,20H,4,7,9,12H2,1H3. The van der Waals surface area contributed by atoms with Crippen molar-refractivity contribution < 1.29 is 13.2 Å². The molecular weight excluding hydrogens is 340 g/mol. The molecule has 3 rings (SSSR count). The summed E-state index contributed by atoms with van der Waals surface area (Å²) in [7, 11) is -1.39. The number of carbonyl (C=O) groups is 1. The van der Waals surface area contributed by atoms with Crippen LogP contribution in [0.25, 0.3) is 0 Å². The Balaban J connectivity index is 1.67. The van der Waals surface area contributed by atoms with Gasteiger partial charge in [0.25, 0.3) is 5.91 Å². The summed E-state index contributed by atoms with van der Waals surface area (Å²) >= 11 is 0. The smallest absolute Gasteiger partial charge is 0.255 e. The first-order valence-corrected chi connectivity index (χ1v) is 9.82. The molecule has 0 aromatic carbocycles. The number of amides is 1. The zero-order valence-corrected chi connectivity index (χ0v) is 14.7. The molecule has 2 aromatic heterocycles. The van der Waals surface area contributed by atoms with Crippen molar-refractivity contribution in [1.82, 2.24) is 14.9 Å². The van der Waals surface area contributed by atoms with Gasteiger partial charge >= 0.3 is 0 Å². The number of sulfone groups is 1. The first-order valence-electron chi connectivity index (χ1n) is 8.00. The number of nitrogens with zero attached hydrogens (tertiary/aromatic N) is 3. The van der Waals surface area contributed by atoms with E-state index in [-0.39, 0.29) is 23.5 Å². The van der Waals surface area contributed by atoms with Gasteiger partial charge in [-0.25, -0.2) is 8.42 Å². The highest BCUT2D eigenvalue weighted by Gasteiger charge is 2.33. The van der Waals surface area contributed by atoms with Crippen molar-refractivity contribution in [3.05, 3.63) is 54.1 Å². The van der Waals surface area contributed by atoms with Crippen LogP contribution in [-0.4, -0.2) is 53.8 Å². The summed E-state index contributed by atoms with van der Waals surface area (Å²) < 4.78 is 23.2. The lowest BCUT2D eigenvalue weighted by Crippen LogP contribution is -2.37. The topological polar surface area (TPSA) is 92.3 Å². The van der Waals surface area contributed by atoms with Crippen LogP contribution in [0.4, 0.5) is 5.69 Å². The van der Waals surface area contributed by atoms with Gasteiger partial charge in [0.2, 0.25) is 0 Å². The van der Waals surface area contributed by atoms with Crippen LogP contribution in [0.2, 0.25) is 0 Å². The quantitative estimate of drug-likeness (QED) is 0.865. The maximum absolute atomic E-state index is 12.6. The molecule has 0 spiro atoms. The van der Waals surface area contributed by atoms with Crippen LogP contribution in [0.3, 0.4) is 0 Å².